The number of halogens is 1. The van der Waals surface area contributed by atoms with E-state index in [0.717, 1.165) is 32.8 Å². The van der Waals surface area contributed by atoms with Gasteiger partial charge in [-0.1, -0.05) is 29.8 Å². The zero-order valence-corrected chi connectivity index (χ0v) is 15.9. The first-order valence-electron chi connectivity index (χ1n) is 8.83. The van der Waals surface area contributed by atoms with Crippen LogP contribution in [-0.2, 0) is 16.1 Å². The number of nitrogens with one attached hydrogen (secondary N) is 1. The van der Waals surface area contributed by atoms with Crippen LogP contribution < -0.4 is 5.32 Å². The molecule has 0 radical (unpaired) electrons. The lowest BCUT2D eigenvalue weighted by atomic mass is 10.1. The monoisotopic (exact) mass is 401 g/mol. The van der Waals surface area contributed by atoms with Crippen LogP contribution in [0, 0.1) is 10.1 Å². The zero-order chi connectivity index (χ0) is 19.9. The number of benzene rings is 2. The van der Waals surface area contributed by atoms with Crippen LogP contribution >= 0.6 is 11.6 Å². The Kier molecular flexibility index (Phi) is 6.76. The van der Waals surface area contributed by atoms with E-state index in [0.29, 0.717) is 11.3 Å². The van der Waals surface area contributed by atoms with Gasteiger partial charge in [0.1, 0.15) is 5.02 Å². The van der Waals surface area contributed by atoms with Gasteiger partial charge in [0.15, 0.2) is 0 Å². The third-order valence-corrected chi connectivity index (χ3v) is 4.65. The summed E-state index contributed by atoms with van der Waals surface area (Å²) in [4.78, 5) is 24.8. The molecule has 1 fully saturated rings. The number of nitro groups is 1. The molecule has 1 amide bonds. The van der Waals surface area contributed by atoms with Crippen molar-refractivity contribution in [3.8, 4) is 0 Å². The quantitative estimate of drug-likeness (QED) is 0.453. The summed E-state index contributed by atoms with van der Waals surface area (Å²) in [5.41, 5.74) is 2.18. The third kappa shape index (κ3) is 5.63. The molecule has 0 aliphatic carbocycles. The Labute approximate surface area is 167 Å². The van der Waals surface area contributed by atoms with E-state index in [-0.39, 0.29) is 16.6 Å². The summed E-state index contributed by atoms with van der Waals surface area (Å²) in [7, 11) is 0. The predicted octanol–water partition coefficient (Wildman–Crippen LogP) is 3.73. The van der Waals surface area contributed by atoms with E-state index < -0.39 is 4.92 Å². The van der Waals surface area contributed by atoms with E-state index in [4.69, 9.17) is 16.3 Å². The zero-order valence-electron chi connectivity index (χ0n) is 15.1. The standard InChI is InChI=1S/C20H20ClN3O4/c21-18-7-3-15(13-19(18)24(26)27)4-8-20(25)22-17-5-1-16(2-6-17)14-23-9-11-28-12-10-23/h1-8,13H,9-12,14H2,(H,22,25). The maximum Gasteiger partial charge on any atom is 0.288 e. The second-order valence-corrected chi connectivity index (χ2v) is 6.78. The van der Waals surface area contributed by atoms with Crippen LogP contribution in [0.3, 0.4) is 0 Å². The molecule has 2 aromatic rings. The smallest absolute Gasteiger partial charge is 0.288 e. The first-order chi connectivity index (χ1) is 13.5. The third-order valence-electron chi connectivity index (χ3n) is 4.33. The van der Waals surface area contributed by atoms with Gasteiger partial charge in [0.2, 0.25) is 5.91 Å². The van der Waals surface area contributed by atoms with Gasteiger partial charge >= 0.3 is 0 Å². The molecule has 28 heavy (non-hydrogen) atoms. The minimum Gasteiger partial charge on any atom is -0.379 e. The molecule has 146 valence electrons. The highest BCUT2D eigenvalue weighted by Crippen LogP contribution is 2.25. The number of nitrogens with zero attached hydrogens (tertiary/aromatic N) is 2. The van der Waals surface area contributed by atoms with E-state index in [1.54, 1.807) is 6.07 Å². The molecule has 0 atom stereocenters. The number of hydrogen-bond acceptors (Lipinski definition) is 5. The number of amides is 1. The van der Waals surface area contributed by atoms with Crippen LogP contribution in [0.25, 0.3) is 6.08 Å². The fourth-order valence-electron chi connectivity index (χ4n) is 2.84. The van der Waals surface area contributed by atoms with Gasteiger partial charge in [-0.25, -0.2) is 0 Å². The van der Waals surface area contributed by atoms with Gasteiger partial charge < -0.3 is 10.1 Å². The highest BCUT2D eigenvalue weighted by molar-refractivity contribution is 6.32. The minimum absolute atomic E-state index is 0.0590. The highest BCUT2D eigenvalue weighted by Gasteiger charge is 2.12. The van der Waals surface area contributed by atoms with Crippen LogP contribution in [-0.4, -0.2) is 42.0 Å². The topological polar surface area (TPSA) is 84.7 Å². The molecule has 0 spiro atoms. The molecule has 8 heteroatoms. The van der Waals surface area contributed by atoms with Crippen molar-refractivity contribution in [2.45, 2.75) is 6.54 Å². The second-order valence-electron chi connectivity index (χ2n) is 6.38. The van der Waals surface area contributed by atoms with Gasteiger partial charge in [-0.2, -0.15) is 0 Å². The van der Waals surface area contributed by atoms with Gasteiger partial charge in [0.05, 0.1) is 18.1 Å². The number of anilines is 1. The number of hydrogen-bond donors (Lipinski definition) is 1. The predicted molar refractivity (Wildman–Crippen MR) is 108 cm³/mol. The molecule has 1 heterocycles. The van der Waals surface area contributed by atoms with Crippen molar-refractivity contribution in [2.24, 2.45) is 0 Å². The average Bonchev–Trinajstić information content (AvgIpc) is 2.69. The molecular weight excluding hydrogens is 382 g/mol. The molecule has 1 aliphatic rings. The fourth-order valence-corrected chi connectivity index (χ4v) is 3.03. The fraction of sp³-hybridized carbons (Fsp3) is 0.250. The molecule has 3 rings (SSSR count). The van der Waals surface area contributed by atoms with E-state index in [9.17, 15) is 14.9 Å². The number of carbonyl (C=O) groups is 1. The number of carbonyl (C=O) groups excluding carboxylic acids is 1. The lowest BCUT2D eigenvalue weighted by molar-refractivity contribution is -0.384. The van der Waals surface area contributed by atoms with Crippen molar-refractivity contribution < 1.29 is 14.5 Å². The van der Waals surface area contributed by atoms with Crippen LogP contribution in [0.15, 0.2) is 48.5 Å². The number of ether oxygens (including phenoxy) is 1. The Balaban J connectivity index is 1.56. The summed E-state index contributed by atoms with van der Waals surface area (Å²) in [5.74, 6) is -0.321. The number of rotatable bonds is 6. The molecule has 2 aromatic carbocycles. The Bertz CT molecular complexity index is 878. The average molecular weight is 402 g/mol. The summed E-state index contributed by atoms with van der Waals surface area (Å²) in [6.45, 7) is 4.22. The lowest BCUT2D eigenvalue weighted by Crippen LogP contribution is -2.35. The largest absolute Gasteiger partial charge is 0.379 e. The summed E-state index contributed by atoms with van der Waals surface area (Å²) >= 11 is 5.78. The van der Waals surface area contributed by atoms with E-state index in [1.165, 1.54) is 29.8 Å². The summed E-state index contributed by atoms with van der Waals surface area (Å²) in [6.07, 6.45) is 2.83. The van der Waals surface area contributed by atoms with Gasteiger partial charge in [-0.05, 0) is 35.4 Å². The Morgan fingerprint density at radius 1 is 1.21 bits per heavy atom. The van der Waals surface area contributed by atoms with E-state index in [1.807, 2.05) is 24.3 Å². The van der Waals surface area contributed by atoms with E-state index >= 15 is 0 Å². The molecule has 7 nitrogen and oxygen atoms in total. The van der Waals surface area contributed by atoms with Gasteiger partial charge in [0.25, 0.3) is 5.69 Å². The summed E-state index contributed by atoms with van der Waals surface area (Å²) in [6, 6.07) is 12.1. The van der Waals surface area contributed by atoms with Crippen molar-refractivity contribution >= 4 is 35.0 Å². The maximum atomic E-state index is 12.1. The summed E-state index contributed by atoms with van der Waals surface area (Å²) < 4.78 is 5.34. The van der Waals surface area contributed by atoms with Gasteiger partial charge in [-0.15, -0.1) is 0 Å². The number of nitro benzene ring substituents is 1. The van der Waals surface area contributed by atoms with Crippen LogP contribution in [0.1, 0.15) is 11.1 Å². The van der Waals surface area contributed by atoms with Gasteiger partial charge in [-0.3, -0.25) is 19.8 Å². The Morgan fingerprint density at radius 2 is 1.93 bits per heavy atom. The van der Waals surface area contributed by atoms with Gasteiger partial charge in [0, 0.05) is 37.5 Å². The molecular formula is C20H20ClN3O4. The second kappa shape index (κ2) is 9.45. The van der Waals surface area contributed by atoms with Crippen molar-refractivity contribution in [1.82, 2.24) is 4.90 Å². The summed E-state index contributed by atoms with van der Waals surface area (Å²) in [5, 5.41) is 13.7. The highest BCUT2D eigenvalue weighted by atomic mass is 35.5. The lowest BCUT2D eigenvalue weighted by Gasteiger charge is -2.26. The van der Waals surface area contributed by atoms with Crippen LogP contribution in [0.4, 0.5) is 11.4 Å². The molecule has 1 saturated heterocycles. The van der Waals surface area contributed by atoms with Crippen molar-refractivity contribution in [1.29, 1.82) is 0 Å². The first kappa shape index (κ1) is 20.0. The molecule has 1 aliphatic heterocycles. The van der Waals surface area contributed by atoms with Crippen molar-refractivity contribution in [3.63, 3.8) is 0 Å². The molecule has 0 unspecified atom stereocenters. The minimum atomic E-state index is -0.557. The van der Waals surface area contributed by atoms with E-state index in [2.05, 4.69) is 10.2 Å². The SMILES string of the molecule is O=C(C=Cc1ccc(Cl)c([N+](=O)[O-])c1)Nc1ccc(CN2CCOCC2)cc1. The first-order valence-corrected chi connectivity index (χ1v) is 9.21. The Morgan fingerprint density at radius 3 is 2.61 bits per heavy atom. The molecule has 0 aromatic heterocycles. The van der Waals surface area contributed by atoms with Crippen molar-refractivity contribution in [3.05, 3.63) is 74.8 Å². The van der Waals surface area contributed by atoms with Crippen LogP contribution in [0.2, 0.25) is 5.02 Å². The van der Waals surface area contributed by atoms with Crippen molar-refractivity contribution in [2.75, 3.05) is 31.6 Å². The van der Waals surface area contributed by atoms with Crippen LogP contribution in [0.5, 0.6) is 0 Å². The molecule has 1 N–H and O–H groups in total. The molecule has 0 bridgehead atoms. The normalized spacial score (nSPS) is 14.9. The number of morpholine rings is 1. The maximum absolute atomic E-state index is 12.1. The molecule has 0 saturated carbocycles. The Hall–Kier alpha value is -2.74.